The first-order chi connectivity index (χ1) is 19.1. The zero-order valence-electron chi connectivity index (χ0n) is 21.7. The van der Waals surface area contributed by atoms with Gasteiger partial charge in [-0.25, -0.2) is 4.68 Å². The number of rotatable bonds is 8. The highest BCUT2D eigenvalue weighted by molar-refractivity contribution is 7.15. The van der Waals surface area contributed by atoms with Crippen molar-refractivity contribution >= 4 is 22.4 Å². The summed E-state index contributed by atoms with van der Waals surface area (Å²) in [6.45, 7) is 4.90. The van der Waals surface area contributed by atoms with Gasteiger partial charge in [0, 0.05) is 22.9 Å². The van der Waals surface area contributed by atoms with Crippen molar-refractivity contribution in [2.45, 2.75) is 26.7 Å². The van der Waals surface area contributed by atoms with Crippen LogP contribution in [0.1, 0.15) is 30.9 Å². The summed E-state index contributed by atoms with van der Waals surface area (Å²) >= 11 is 1.33. The van der Waals surface area contributed by atoms with Crippen LogP contribution in [0.4, 0.5) is 0 Å². The zero-order valence-corrected chi connectivity index (χ0v) is 22.6. The van der Waals surface area contributed by atoms with Crippen LogP contribution in [0.3, 0.4) is 0 Å². The molecule has 0 spiro atoms. The molecule has 0 aliphatic carbocycles. The normalized spacial score (nSPS) is 11.9. The van der Waals surface area contributed by atoms with Crippen molar-refractivity contribution in [3.63, 3.8) is 0 Å². The average molecular weight is 534 g/mol. The Morgan fingerprint density at radius 3 is 2.46 bits per heavy atom. The van der Waals surface area contributed by atoms with Crippen molar-refractivity contribution in [2.24, 2.45) is 0 Å². The van der Waals surface area contributed by atoms with Gasteiger partial charge in [-0.2, -0.15) is 14.6 Å². The van der Waals surface area contributed by atoms with Gasteiger partial charge < -0.3 is 4.74 Å². The van der Waals surface area contributed by atoms with E-state index in [2.05, 4.69) is 23.9 Å². The average Bonchev–Trinajstić information content (AvgIpc) is 3.65. The van der Waals surface area contributed by atoms with Crippen LogP contribution in [0.25, 0.3) is 39.4 Å². The third-order valence-corrected chi connectivity index (χ3v) is 7.44. The Hall–Kier alpha value is -4.56. The van der Waals surface area contributed by atoms with Gasteiger partial charge in [0.15, 0.2) is 5.82 Å². The van der Waals surface area contributed by atoms with Crippen molar-refractivity contribution in [3.8, 4) is 34.1 Å². The lowest BCUT2D eigenvalue weighted by Crippen LogP contribution is -2.23. The number of para-hydroxylation sites is 1. The number of aryl methyl sites for hydroxylation is 1. The van der Waals surface area contributed by atoms with Gasteiger partial charge in [0.2, 0.25) is 4.96 Å². The van der Waals surface area contributed by atoms with Crippen LogP contribution in [0.15, 0.2) is 89.9 Å². The van der Waals surface area contributed by atoms with Crippen LogP contribution >= 0.6 is 11.3 Å². The van der Waals surface area contributed by atoms with Crippen LogP contribution in [0.2, 0.25) is 0 Å². The molecule has 7 nitrogen and oxygen atoms in total. The molecule has 3 heterocycles. The Balaban J connectivity index is 1.44. The standard InChI is InChI=1S/C31H27N5O2S/c1-3-4-17-38-25-15-16-26(21(2)18-25)28-23(20-35(33-28)24-13-9-6-10-14-24)19-27-30(37)36-31(39-27)32-29(34-36)22-11-7-5-8-12-22/h5-16,18-20H,3-4,17H2,1-2H3. The van der Waals surface area contributed by atoms with E-state index in [0.717, 1.165) is 52.2 Å². The van der Waals surface area contributed by atoms with Gasteiger partial charge in [0.25, 0.3) is 5.56 Å². The number of thiazole rings is 1. The monoisotopic (exact) mass is 533 g/mol. The first-order valence-corrected chi connectivity index (χ1v) is 13.8. The quantitative estimate of drug-likeness (QED) is 0.235. The van der Waals surface area contributed by atoms with Crippen LogP contribution in [-0.2, 0) is 0 Å². The van der Waals surface area contributed by atoms with E-state index >= 15 is 0 Å². The van der Waals surface area contributed by atoms with Gasteiger partial charge >= 0.3 is 0 Å². The first-order valence-electron chi connectivity index (χ1n) is 13.0. The van der Waals surface area contributed by atoms with Gasteiger partial charge in [0.05, 0.1) is 16.8 Å². The SMILES string of the molecule is CCCCOc1ccc(-c2nn(-c3ccccc3)cc2C=c2sc3nc(-c4ccccc4)nn3c2=O)c(C)c1. The highest BCUT2D eigenvalue weighted by atomic mass is 32.1. The predicted molar refractivity (Wildman–Crippen MR) is 155 cm³/mol. The zero-order chi connectivity index (χ0) is 26.8. The second-order valence-corrected chi connectivity index (χ2v) is 10.3. The molecule has 194 valence electrons. The summed E-state index contributed by atoms with van der Waals surface area (Å²) in [6.07, 6.45) is 5.95. The third kappa shape index (κ3) is 4.98. The van der Waals surface area contributed by atoms with E-state index in [1.165, 1.54) is 15.9 Å². The van der Waals surface area contributed by atoms with Crippen molar-refractivity contribution in [2.75, 3.05) is 6.61 Å². The lowest BCUT2D eigenvalue weighted by Gasteiger charge is -2.09. The lowest BCUT2D eigenvalue weighted by atomic mass is 10.0. The Kier molecular flexibility index (Phi) is 6.77. The minimum atomic E-state index is -0.195. The van der Waals surface area contributed by atoms with Gasteiger partial charge in [-0.1, -0.05) is 73.2 Å². The fourth-order valence-corrected chi connectivity index (χ4v) is 5.32. The van der Waals surface area contributed by atoms with E-state index in [9.17, 15) is 4.79 Å². The third-order valence-electron chi connectivity index (χ3n) is 6.48. The van der Waals surface area contributed by atoms with E-state index < -0.39 is 0 Å². The van der Waals surface area contributed by atoms with E-state index in [-0.39, 0.29) is 5.56 Å². The number of fused-ring (bicyclic) bond motifs is 1. The van der Waals surface area contributed by atoms with Gasteiger partial charge in [-0.05, 0) is 55.3 Å². The molecule has 3 aromatic carbocycles. The summed E-state index contributed by atoms with van der Waals surface area (Å²) < 4.78 is 9.69. The van der Waals surface area contributed by atoms with Crippen LogP contribution in [0.5, 0.6) is 5.75 Å². The van der Waals surface area contributed by atoms with Crippen LogP contribution < -0.4 is 14.8 Å². The largest absolute Gasteiger partial charge is 0.494 e. The number of hydrogen-bond acceptors (Lipinski definition) is 6. The van der Waals surface area contributed by atoms with Crippen molar-refractivity contribution < 1.29 is 4.74 Å². The van der Waals surface area contributed by atoms with Crippen molar-refractivity contribution in [1.29, 1.82) is 0 Å². The molecular formula is C31H27N5O2S. The van der Waals surface area contributed by atoms with Gasteiger partial charge in [0.1, 0.15) is 11.4 Å². The minimum absolute atomic E-state index is 0.195. The number of hydrogen-bond donors (Lipinski definition) is 0. The summed E-state index contributed by atoms with van der Waals surface area (Å²) in [5.41, 5.74) is 5.28. The molecule has 0 fully saturated rings. The fraction of sp³-hybridized carbons (Fsp3) is 0.161. The summed E-state index contributed by atoms with van der Waals surface area (Å²) in [7, 11) is 0. The maximum atomic E-state index is 13.3. The molecule has 3 aromatic heterocycles. The number of aromatic nitrogens is 5. The molecule has 0 unspecified atom stereocenters. The van der Waals surface area contributed by atoms with Gasteiger partial charge in [-0.15, -0.1) is 5.10 Å². The smallest absolute Gasteiger partial charge is 0.291 e. The van der Waals surface area contributed by atoms with E-state index in [1.54, 1.807) is 0 Å². The molecule has 0 aliphatic rings. The van der Waals surface area contributed by atoms with Crippen molar-refractivity contribution in [3.05, 3.63) is 111 Å². The molecule has 0 radical (unpaired) electrons. The molecule has 0 bridgehead atoms. The topological polar surface area (TPSA) is 74.3 Å². The first kappa shape index (κ1) is 24.8. The van der Waals surface area contributed by atoms with E-state index in [4.69, 9.17) is 9.84 Å². The Morgan fingerprint density at radius 1 is 0.974 bits per heavy atom. The fourth-order valence-electron chi connectivity index (χ4n) is 4.43. The molecule has 0 N–H and O–H groups in total. The molecular weight excluding hydrogens is 506 g/mol. The molecule has 0 amide bonds. The summed E-state index contributed by atoms with van der Waals surface area (Å²) in [4.78, 5) is 18.5. The van der Waals surface area contributed by atoms with Crippen molar-refractivity contribution in [1.82, 2.24) is 24.4 Å². The van der Waals surface area contributed by atoms with E-state index in [0.29, 0.717) is 21.9 Å². The molecule has 8 heteroatoms. The number of nitrogens with zero attached hydrogens (tertiary/aromatic N) is 5. The number of unbranched alkanes of at least 4 members (excludes halogenated alkanes) is 1. The number of benzene rings is 3. The highest BCUT2D eigenvalue weighted by Gasteiger charge is 2.16. The molecule has 6 aromatic rings. The lowest BCUT2D eigenvalue weighted by molar-refractivity contribution is 0.309. The second kappa shape index (κ2) is 10.7. The Labute approximate surface area is 229 Å². The number of ether oxygens (including phenoxy) is 1. The van der Waals surface area contributed by atoms with Crippen LogP contribution in [-0.4, -0.2) is 31.0 Å². The maximum absolute atomic E-state index is 13.3. The predicted octanol–water partition coefficient (Wildman–Crippen LogP) is 5.71. The molecule has 0 aliphatic heterocycles. The Morgan fingerprint density at radius 2 is 1.74 bits per heavy atom. The highest BCUT2D eigenvalue weighted by Crippen LogP contribution is 2.30. The van der Waals surface area contributed by atoms with Gasteiger partial charge in [-0.3, -0.25) is 4.79 Å². The van der Waals surface area contributed by atoms with E-state index in [1.807, 2.05) is 95.8 Å². The van der Waals surface area contributed by atoms with Crippen LogP contribution in [0, 0.1) is 6.92 Å². The molecule has 0 atom stereocenters. The molecule has 39 heavy (non-hydrogen) atoms. The summed E-state index contributed by atoms with van der Waals surface area (Å²) in [5, 5.41) is 9.43. The molecule has 0 saturated heterocycles. The summed E-state index contributed by atoms with van der Waals surface area (Å²) in [6, 6.07) is 25.7. The molecule has 0 saturated carbocycles. The summed E-state index contributed by atoms with van der Waals surface area (Å²) in [5.74, 6) is 1.39. The second-order valence-electron chi connectivity index (χ2n) is 9.30. The maximum Gasteiger partial charge on any atom is 0.291 e. The molecule has 6 rings (SSSR count). The Bertz CT molecular complexity index is 1860. The minimum Gasteiger partial charge on any atom is -0.494 e.